The molecule has 27 heavy (non-hydrogen) atoms. The van der Waals surface area contributed by atoms with Crippen molar-refractivity contribution in [3.63, 3.8) is 0 Å². The van der Waals surface area contributed by atoms with Crippen molar-refractivity contribution in [1.29, 1.82) is 0 Å². The molecule has 0 amide bonds. The number of rotatable bonds is 6. The molecule has 0 fully saturated rings. The molecule has 0 bridgehead atoms. The van der Waals surface area contributed by atoms with Crippen LogP contribution in [-0.2, 0) is 15.8 Å². The zero-order valence-electron chi connectivity index (χ0n) is 15.3. The molecule has 0 aliphatic carbocycles. The number of halogens is 2. The first kappa shape index (κ1) is 20.1. The number of hydrogen-bond donors (Lipinski definition) is 1. The molecule has 1 aliphatic rings. The minimum atomic E-state index is -3.82. The molecule has 0 saturated carbocycles. The van der Waals surface area contributed by atoms with Crippen LogP contribution in [0.1, 0.15) is 50.3 Å². The van der Waals surface area contributed by atoms with Crippen molar-refractivity contribution < 1.29 is 17.5 Å². The molecular formula is C20H23ClFNO3S. The van der Waals surface area contributed by atoms with Crippen LogP contribution in [0.25, 0.3) is 0 Å². The standard InChI is InChI=1S/C20H23ClFNO3S/c1-3-20(4-2)12-18(14-8-5-6-11-19(14)26-20)23-27(24,25)13-15-16(21)9-7-10-17(15)22/h5-11,18,23H,3-4,12-13H2,1-2H3/t18-/m0/s1. The average Bonchev–Trinajstić information content (AvgIpc) is 2.64. The zero-order chi connectivity index (χ0) is 19.7. The highest BCUT2D eigenvalue weighted by Crippen LogP contribution is 2.43. The van der Waals surface area contributed by atoms with Crippen LogP contribution in [0, 0.1) is 5.82 Å². The quantitative estimate of drug-likeness (QED) is 0.729. The Labute approximate surface area is 164 Å². The largest absolute Gasteiger partial charge is 0.487 e. The van der Waals surface area contributed by atoms with Gasteiger partial charge >= 0.3 is 0 Å². The Morgan fingerprint density at radius 3 is 2.56 bits per heavy atom. The lowest BCUT2D eigenvalue weighted by Gasteiger charge is -2.41. The van der Waals surface area contributed by atoms with Gasteiger partial charge in [-0.2, -0.15) is 0 Å². The first-order valence-corrected chi connectivity index (χ1v) is 11.0. The van der Waals surface area contributed by atoms with Crippen LogP contribution in [0.5, 0.6) is 5.75 Å². The molecule has 0 radical (unpaired) electrons. The Kier molecular flexibility index (Phi) is 5.79. The molecule has 1 heterocycles. The second kappa shape index (κ2) is 7.78. The van der Waals surface area contributed by atoms with Crippen molar-refractivity contribution in [3.05, 3.63) is 64.4 Å². The fourth-order valence-electron chi connectivity index (χ4n) is 3.53. The molecule has 1 atom stereocenters. The number of nitrogens with one attached hydrogen (secondary N) is 1. The maximum Gasteiger partial charge on any atom is 0.216 e. The van der Waals surface area contributed by atoms with E-state index in [2.05, 4.69) is 4.72 Å². The third kappa shape index (κ3) is 4.28. The molecule has 0 aromatic heterocycles. The lowest BCUT2D eigenvalue weighted by Crippen LogP contribution is -2.44. The summed E-state index contributed by atoms with van der Waals surface area (Å²) in [4.78, 5) is 0. The zero-order valence-corrected chi connectivity index (χ0v) is 16.9. The molecule has 4 nitrogen and oxygen atoms in total. The van der Waals surface area contributed by atoms with Gasteiger partial charge in [0.05, 0.1) is 11.8 Å². The van der Waals surface area contributed by atoms with Gasteiger partial charge in [-0.05, 0) is 31.0 Å². The van der Waals surface area contributed by atoms with Crippen LogP contribution >= 0.6 is 11.6 Å². The van der Waals surface area contributed by atoms with Crippen molar-refractivity contribution >= 4 is 21.6 Å². The highest BCUT2D eigenvalue weighted by molar-refractivity contribution is 7.88. The van der Waals surface area contributed by atoms with Gasteiger partial charge in [-0.15, -0.1) is 0 Å². The average molecular weight is 412 g/mol. The fourth-order valence-corrected chi connectivity index (χ4v) is 5.23. The summed E-state index contributed by atoms with van der Waals surface area (Å²) in [5.41, 5.74) is 0.333. The van der Waals surface area contributed by atoms with Crippen LogP contribution in [0.3, 0.4) is 0 Å². The van der Waals surface area contributed by atoms with Gasteiger partial charge in [-0.1, -0.05) is 49.7 Å². The van der Waals surface area contributed by atoms with Gasteiger partial charge in [0.1, 0.15) is 17.2 Å². The Morgan fingerprint density at radius 2 is 1.89 bits per heavy atom. The topological polar surface area (TPSA) is 55.4 Å². The van der Waals surface area contributed by atoms with Crippen LogP contribution in [0.15, 0.2) is 42.5 Å². The minimum Gasteiger partial charge on any atom is -0.487 e. The first-order chi connectivity index (χ1) is 12.8. The van der Waals surface area contributed by atoms with Crippen molar-refractivity contribution in [3.8, 4) is 5.75 Å². The molecular weight excluding hydrogens is 389 g/mol. The van der Waals surface area contributed by atoms with Gasteiger partial charge in [0.2, 0.25) is 10.0 Å². The Balaban J connectivity index is 1.91. The number of ether oxygens (including phenoxy) is 1. The van der Waals surface area contributed by atoms with Crippen LogP contribution < -0.4 is 9.46 Å². The molecule has 2 aromatic rings. The van der Waals surface area contributed by atoms with Crippen molar-refractivity contribution in [2.45, 2.75) is 50.5 Å². The van der Waals surface area contributed by atoms with Crippen molar-refractivity contribution in [2.24, 2.45) is 0 Å². The Hall–Kier alpha value is -1.63. The first-order valence-electron chi connectivity index (χ1n) is 9.00. The molecule has 0 spiro atoms. The summed E-state index contributed by atoms with van der Waals surface area (Å²) in [7, 11) is -3.82. The minimum absolute atomic E-state index is 0.0238. The molecule has 3 rings (SSSR count). The van der Waals surface area contributed by atoms with Crippen molar-refractivity contribution in [1.82, 2.24) is 4.72 Å². The summed E-state index contributed by atoms with van der Waals surface area (Å²) >= 11 is 6.00. The molecule has 0 saturated heterocycles. The van der Waals surface area contributed by atoms with E-state index < -0.39 is 33.2 Å². The summed E-state index contributed by atoms with van der Waals surface area (Å²) in [5.74, 6) is -0.454. The van der Waals surface area contributed by atoms with Crippen molar-refractivity contribution in [2.75, 3.05) is 0 Å². The predicted molar refractivity (Wildman–Crippen MR) is 105 cm³/mol. The molecule has 146 valence electrons. The van der Waals surface area contributed by atoms with E-state index >= 15 is 0 Å². The van der Waals surface area contributed by atoms with Gasteiger partial charge in [0, 0.05) is 22.6 Å². The number of para-hydroxylation sites is 1. The van der Waals surface area contributed by atoms with E-state index in [0.29, 0.717) is 12.2 Å². The monoisotopic (exact) mass is 411 g/mol. The molecule has 2 aromatic carbocycles. The molecule has 7 heteroatoms. The van der Waals surface area contributed by atoms with E-state index in [0.717, 1.165) is 18.4 Å². The maximum atomic E-state index is 14.0. The fraction of sp³-hybridized carbons (Fsp3) is 0.400. The third-order valence-corrected chi connectivity index (χ3v) is 6.87. The Bertz CT molecular complexity index is 908. The maximum absolute atomic E-state index is 14.0. The normalized spacial score (nSPS) is 18.6. The van der Waals surface area contributed by atoms with Gasteiger partial charge in [-0.3, -0.25) is 0 Å². The SMILES string of the molecule is CCC1(CC)C[C@H](NS(=O)(=O)Cc2c(F)cccc2Cl)c2ccccc2O1. The van der Waals surface area contributed by atoms with E-state index in [1.165, 1.54) is 18.2 Å². The van der Waals surface area contributed by atoms with Gasteiger partial charge in [0.25, 0.3) is 0 Å². The van der Waals surface area contributed by atoms with Crippen LogP contribution in [0.4, 0.5) is 4.39 Å². The number of sulfonamides is 1. The number of fused-ring (bicyclic) bond motifs is 1. The van der Waals surface area contributed by atoms with E-state index in [9.17, 15) is 12.8 Å². The highest BCUT2D eigenvalue weighted by Gasteiger charge is 2.39. The second-order valence-electron chi connectivity index (χ2n) is 6.86. The molecule has 1 aliphatic heterocycles. The third-order valence-electron chi connectivity index (χ3n) is 5.20. The van der Waals surface area contributed by atoms with Gasteiger partial charge < -0.3 is 4.74 Å². The number of hydrogen-bond acceptors (Lipinski definition) is 3. The van der Waals surface area contributed by atoms with E-state index in [4.69, 9.17) is 16.3 Å². The van der Waals surface area contributed by atoms with Gasteiger partial charge in [0.15, 0.2) is 0 Å². The van der Waals surface area contributed by atoms with E-state index in [1.807, 2.05) is 38.1 Å². The van der Waals surface area contributed by atoms with Crippen LogP contribution in [0.2, 0.25) is 5.02 Å². The summed E-state index contributed by atoms with van der Waals surface area (Å²) < 4.78 is 48.6. The summed E-state index contributed by atoms with van der Waals surface area (Å²) in [6, 6.07) is 11.1. The highest BCUT2D eigenvalue weighted by atomic mass is 35.5. The van der Waals surface area contributed by atoms with Gasteiger partial charge in [-0.25, -0.2) is 17.5 Å². The summed E-state index contributed by atoms with van der Waals surface area (Å²) in [5, 5.41) is 0.101. The second-order valence-corrected chi connectivity index (χ2v) is 9.02. The smallest absolute Gasteiger partial charge is 0.216 e. The Morgan fingerprint density at radius 1 is 1.19 bits per heavy atom. The lowest BCUT2D eigenvalue weighted by atomic mass is 9.84. The summed E-state index contributed by atoms with van der Waals surface area (Å²) in [6.45, 7) is 4.06. The summed E-state index contributed by atoms with van der Waals surface area (Å²) in [6.07, 6.45) is 2.03. The lowest BCUT2D eigenvalue weighted by molar-refractivity contribution is 0.0260. The van der Waals surface area contributed by atoms with E-state index in [-0.39, 0.29) is 10.6 Å². The van der Waals surface area contributed by atoms with E-state index in [1.54, 1.807) is 0 Å². The predicted octanol–water partition coefficient (Wildman–Crippen LogP) is 4.98. The number of benzene rings is 2. The van der Waals surface area contributed by atoms with Crippen LogP contribution in [-0.4, -0.2) is 14.0 Å². The molecule has 0 unspecified atom stereocenters. The molecule has 1 N–H and O–H groups in total.